The van der Waals surface area contributed by atoms with Crippen LogP contribution in [0.5, 0.6) is 0 Å². The third kappa shape index (κ3) is 3.50. The molecule has 0 saturated heterocycles. The van der Waals surface area contributed by atoms with Crippen LogP contribution in [0.15, 0.2) is 78.9 Å². The van der Waals surface area contributed by atoms with Gasteiger partial charge < -0.3 is 0 Å². The Morgan fingerprint density at radius 3 is 1.40 bits per heavy atom. The average Bonchev–Trinajstić information content (AvgIpc) is 2.67. The van der Waals surface area contributed by atoms with E-state index in [-0.39, 0.29) is 28.4 Å². The molecule has 3 rings (SSSR count). The van der Waals surface area contributed by atoms with E-state index < -0.39 is 4.92 Å². The maximum Gasteiger partial charge on any atom is 0.270 e. The Labute approximate surface area is 143 Å². The Bertz CT molecular complexity index is 880. The summed E-state index contributed by atoms with van der Waals surface area (Å²) in [4.78, 5) is 35.8. The van der Waals surface area contributed by atoms with Gasteiger partial charge in [-0.05, 0) is 6.07 Å². The first-order valence-electron chi connectivity index (χ1n) is 7.55. The molecule has 0 fully saturated rings. The lowest BCUT2D eigenvalue weighted by atomic mass is 9.96. The fraction of sp³-hybridized carbons (Fsp3) is 0. The molecule has 0 aliphatic rings. The van der Waals surface area contributed by atoms with Gasteiger partial charge in [-0.3, -0.25) is 19.7 Å². The molecule has 122 valence electrons. The van der Waals surface area contributed by atoms with Gasteiger partial charge in [0.2, 0.25) is 0 Å². The number of rotatable bonds is 5. The predicted molar refractivity (Wildman–Crippen MR) is 92.8 cm³/mol. The number of nitro benzene ring substituents is 1. The van der Waals surface area contributed by atoms with Crippen molar-refractivity contribution in [2.45, 2.75) is 0 Å². The van der Waals surface area contributed by atoms with Crippen LogP contribution in [-0.4, -0.2) is 16.5 Å². The number of benzene rings is 3. The number of hydrogen-bond donors (Lipinski definition) is 0. The largest absolute Gasteiger partial charge is 0.289 e. The lowest BCUT2D eigenvalue weighted by Crippen LogP contribution is -2.07. The molecule has 0 aliphatic carbocycles. The van der Waals surface area contributed by atoms with E-state index in [9.17, 15) is 19.7 Å². The van der Waals surface area contributed by atoms with E-state index in [0.717, 1.165) is 0 Å². The van der Waals surface area contributed by atoms with Crippen molar-refractivity contribution in [1.29, 1.82) is 0 Å². The number of hydrogen-bond acceptors (Lipinski definition) is 4. The second-order valence-electron chi connectivity index (χ2n) is 5.42. The summed E-state index contributed by atoms with van der Waals surface area (Å²) in [6.07, 6.45) is 0. The highest BCUT2D eigenvalue weighted by Gasteiger charge is 2.19. The maximum absolute atomic E-state index is 12.6. The molecule has 0 N–H and O–H groups in total. The molecule has 3 aromatic carbocycles. The first kappa shape index (κ1) is 16.3. The molecule has 0 aromatic heterocycles. The van der Waals surface area contributed by atoms with E-state index in [1.54, 1.807) is 60.7 Å². The van der Waals surface area contributed by atoms with Crippen molar-refractivity contribution < 1.29 is 14.5 Å². The summed E-state index contributed by atoms with van der Waals surface area (Å²) < 4.78 is 0. The minimum Gasteiger partial charge on any atom is -0.289 e. The second-order valence-corrected chi connectivity index (χ2v) is 5.42. The Balaban J connectivity index is 2.08. The topological polar surface area (TPSA) is 77.3 Å². The van der Waals surface area contributed by atoms with Crippen LogP contribution in [0.1, 0.15) is 31.8 Å². The Morgan fingerprint density at radius 2 is 1.04 bits per heavy atom. The molecule has 0 amide bonds. The zero-order chi connectivity index (χ0) is 17.8. The molecular formula is C20H13NO4. The summed E-state index contributed by atoms with van der Waals surface area (Å²) in [6, 6.07) is 20.7. The van der Waals surface area contributed by atoms with E-state index >= 15 is 0 Å². The highest BCUT2D eigenvalue weighted by Crippen LogP contribution is 2.22. The quantitative estimate of drug-likeness (QED) is 0.401. The van der Waals surface area contributed by atoms with Gasteiger partial charge in [-0.15, -0.1) is 0 Å². The van der Waals surface area contributed by atoms with E-state index in [4.69, 9.17) is 0 Å². The van der Waals surface area contributed by atoms with Crippen molar-refractivity contribution in [2.75, 3.05) is 0 Å². The molecule has 0 saturated carbocycles. The van der Waals surface area contributed by atoms with Gasteiger partial charge in [0.25, 0.3) is 5.69 Å². The summed E-state index contributed by atoms with van der Waals surface area (Å²) in [7, 11) is 0. The number of carbonyl (C=O) groups is 2. The first-order valence-corrected chi connectivity index (χ1v) is 7.55. The van der Waals surface area contributed by atoms with Crippen molar-refractivity contribution in [3.8, 4) is 0 Å². The van der Waals surface area contributed by atoms with Crippen molar-refractivity contribution in [3.63, 3.8) is 0 Å². The summed E-state index contributed by atoms with van der Waals surface area (Å²) in [5.74, 6) is -0.738. The van der Waals surface area contributed by atoms with Crippen LogP contribution in [-0.2, 0) is 0 Å². The van der Waals surface area contributed by atoms with Crippen molar-refractivity contribution in [3.05, 3.63) is 111 Å². The third-order valence-electron chi connectivity index (χ3n) is 3.72. The number of nitro groups is 1. The highest BCUT2D eigenvalue weighted by atomic mass is 16.6. The fourth-order valence-corrected chi connectivity index (χ4v) is 2.49. The van der Waals surface area contributed by atoms with Gasteiger partial charge in [0.05, 0.1) is 4.92 Å². The SMILES string of the molecule is O=C(c1ccccc1)c1cc(C(=O)c2ccccc2)cc([N+](=O)[O-])c1. The zero-order valence-corrected chi connectivity index (χ0v) is 13.1. The summed E-state index contributed by atoms with van der Waals surface area (Å²) in [6.45, 7) is 0. The van der Waals surface area contributed by atoms with Crippen LogP contribution in [0.2, 0.25) is 0 Å². The van der Waals surface area contributed by atoms with Crippen LogP contribution in [0.3, 0.4) is 0 Å². The Kier molecular flexibility index (Phi) is 4.48. The van der Waals surface area contributed by atoms with Gasteiger partial charge in [-0.25, -0.2) is 0 Å². The minimum atomic E-state index is -0.608. The molecule has 0 bridgehead atoms. The molecule has 5 heteroatoms. The molecule has 3 aromatic rings. The van der Waals surface area contributed by atoms with Gasteiger partial charge in [0, 0.05) is 34.4 Å². The number of nitrogens with zero attached hydrogens (tertiary/aromatic N) is 1. The van der Waals surface area contributed by atoms with E-state index in [1.165, 1.54) is 18.2 Å². The van der Waals surface area contributed by atoms with Crippen LogP contribution in [0, 0.1) is 10.1 Å². The fourth-order valence-electron chi connectivity index (χ4n) is 2.49. The highest BCUT2D eigenvalue weighted by molar-refractivity contribution is 6.13. The summed E-state index contributed by atoms with van der Waals surface area (Å²) in [5.41, 5.74) is 0.739. The van der Waals surface area contributed by atoms with E-state index in [2.05, 4.69) is 0 Å². The third-order valence-corrected chi connectivity index (χ3v) is 3.72. The molecule has 0 heterocycles. The second kappa shape index (κ2) is 6.88. The van der Waals surface area contributed by atoms with Gasteiger partial charge in [0.1, 0.15) is 0 Å². The number of ketones is 2. The predicted octanol–water partition coefficient (Wildman–Crippen LogP) is 4.06. The average molecular weight is 331 g/mol. The number of non-ortho nitro benzene ring substituents is 1. The lowest BCUT2D eigenvalue weighted by Gasteiger charge is -2.06. The summed E-state index contributed by atoms with van der Waals surface area (Å²) >= 11 is 0. The van der Waals surface area contributed by atoms with Gasteiger partial charge in [0.15, 0.2) is 11.6 Å². The van der Waals surface area contributed by atoms with E-state index in [0.29, 0.717) is 11.1 Å². The normalized spacial score (nSPS) is 10.2. The van der Waals surface area contributed by atoms with Crippen LogP contribution in [0.25, 0.3) is 0 Å². The smallest absolute Gasteiger partial charge is 0.270 e. The van der Waals surface area contributed by atoms with Crippen LogP contribution in [0.4, 0.5) is 5.69 Å². The first-order chi connectivity index (χ1) is 12.1. The molecule has 0 aliphatic heterocycles. The van der Waals surface area contributed by atoms with E-state index in [1.807, 2.05) is 0 Å². The van der Waals surface area contributed by atoms with Gasteiger partial charge in [-0.1, -0.05) is 60.7 Å². The zero-order valence-electron chi connectivity index (χ0n) is 13.1. The maximum atomic E-state index is 12.6. The van der Waals surface area contributed by atoms with Crippen molar-refractivity contribution in [2.24, 2.45) is 0 Å². The Hall–Kier alpha value is -3.60. The lowest BCUT2D eigenvalue weighted by molar-refractivity contribution is -0.384. The molecule has 0 spiro atoms. The molecule has 5 nitrogen and oxygen atoms in total. The van der Waals surface area contributed by atoms with Gasteiger partial charge >= 0.3 is 0 Å². The molecular weight excluding hydrogens is 318 g/mol. The van der Waals surface area contributed by atoms with Gasteiger partial charge in [-0.2, -0.15) is 0 Å². The minimum absolute atomic E-state index is 0.111. The number of carbonyl (C=O) groups excluding carboxylic acids is 2. The molecule has 0 radical (unpaired) electrons. The van der Waals surface area contributed by atoms with Crippen LogP contribution >= 0.6 is 0 Å². The van der Waals surface area contributed by atoms with Crippen molar-refractivity contribution >= 4 is 17.3 Å². The van der Waals surface area contributed by atoms with Crippen molar-refractivity contribution in [1.82, 2.24) is 0 Å². The molecule has 0 unspecified atom stereocenters. The monoisotopic (exact) mass is 331 g/mol. The molecule has 0 atom stereocenters. The standard InChI is InChI=1S/C20H13NO4/c22-19(14-7-3-1-4-8-14)16-11-17(13-18(12-16)21(24)25)20(23)15-9-5-2-6-10-15/h1-13H. The summed E-state index contributed by atoms with van der Waals surface area (Å²) in [5, 5.41) is 11.2. The van der Waals surface area contributed by atoms with Crippen LogP contribution < -0.4 is 0 Å². The Morgan fingerprint density at radius 1 is 0.640 bits per heavy atom. The molecule has 25 heavy (non-hydrogen) atoms.